The fourth-order valence-electron chi connectivity index (χ4n) is 1.62. The van der Waals surface area contributed by atoms with Gasteiger partial charge >= 0.3 is 0 Å². The molecular formula is C13H22N2O2S2. The van der Waals surface area contributed by atoms with Gasteiger partial charge in [-0.05, 0) is 25.0 Å². The van der Waals surface area contributed by atoms with Crippen LogP contribution in [0.3, 0.4) is 0 Å². The molecule has 4 nitrogen and oxygen atoms in total. The molecule has 0 fully saturated rings. The van der Waals surface area contributed by atoms with E-state index in [1.165, 1.54) is 4.90 Å². The van der Waals surface area contributed by atoms with Gasteiger partial charge in [0, 0.05) is 22.4 Å². The lowest BCUT2D eigenvalue weighted by atomic mass is 10.2. The predicted octanol–water partition coefficient (Wildman–Crippen LogP) is 1.83. The van der Waals surface area contributed by atoms with Crippen LogP contribution in [0.5, 0.6) is 0 Å². The summed E-state index contributed by atoms with van der Waals surface area (Å²) in [5.41, 5.74) is 2.76. The number of hydrogen-bond donors (Lipinski definition) is 2. The Morgan fingerprint density at radius 2 is 2.00 bits per heavy atom. The molecule has 108 valence electrons. The van der Waals surface area contributed by atoms with Crippen molar-refractivity contribution in [3.63, 3.8) is 0 Å². The maximum absolute atomic E-state index is 11.4. The summed E-state index contributed by atoms with van der Waals surface area (Å²) in [5, 5.41) is 0. The molecular weight excluding hydrogens is 280 g/mol. The van der Waals surface area contributed by atoms with Crippen LogP contribution in [0.2, 0.25) is 0 Å². The number of hydrogen-bond acceptors (Lipinski definition) is 5. The van der Waals surface area contributed by atoms with Crippen LogP contribution in [0.1, 0.15) is 19.8 Å². The molecule has 1 aromatic rings. The standard InChI is InChI=1S/C13H22N2O2S2/c1-2-19(16,17)10-6-7-12(15-14)11-18-13-8-4-3-5-9-13/h3-5,8-9,12,15H,2,6-7,10-11,14H2,1H3. The van der Waals surface area contributed by atoms with Crippen LogP contribution in [0.4, 0.5) is 0 Å². The Kier molecular flexibility index (Phi) is 7.45. The SMILES string of the molecule is CCS(=O)(=O)CCCC(CSc1ccccc1)NN. The van der Waals surface area contributed by atoms with Gasteiger partial charge in [-0.2, -0.15) is 0 Å². The highest BCUT2D eigenvalue weighted by Gasteiger charge is 2.11. The minimum Gasteiger partial charge on any atom is -0.271 e. The first kappa shape index (κ1) is 16.5. The van der Waals surface area contributed by atoms with Crippen LogP contribution in [0, 0.1) is 0 Å². The highest BCUT2D eigenvalue weighted by molar-refractivity contribution is 7.99. The number of rotatable bonds is 9. The van der Waals surface area contributed by atoms with E-state index in [-0.39, 0.29) is 17.5 Å². The molecule has 0 amide bonds. The lowest BCUT2D eigenvalue weighted by molar-refractivity contribution is 0.528. The first-order valence-corrected chi connectivity index (χ1v) is 9.22. The van der Waals surface area contributed by atoms with Crippen LogP contribution >= 0.6 is 11.8 Å². The summed E-state index contributed by atoms with van der Waals surface area (Å²) in [6.07, 6.45) is 1.43. The summed E-state index contributed by atoms with van der Waals surface area (Å²) >= 11 is 1.72. The zero-order valence-corrected chi connectivity index (χ0v) is 12.8. The van der Waals surface area contributed by atoms with E-state index in [4.69, 9.17) is 5.84 Å². The second-order valence-corrected chi connectivity index (χ2v) is 7.93. The lowest BCUT2D eigenvalue weighted by Crippen LogP contribution is -2.37. The minimum absolute atomic E-state index is 0.136. The van der Waals surface area contributed by atoms with Gasteiger partial charge in [-0.3, -0.25) is 11.3 Å². The van der Waals surface area contributed by atoms with E-state index in [0.29, 0.717) is 6.42 Å². The third-order valence-corrected chi connectivity index (χ3v) is 5.84. The van der Waals surface area contributed by atoms with E-state index in [2.05, 4.69) is 17.6 Å². The van der Waals surface area contributed by atoms with E-state index in [0.717, 1.165) is 12.2 Å². The Labute approximate surface area is 120 Å². The van der Waals surface area contributed by atoms with Crippen LogP contribution in [-0.2, 0) is 9.84 Å². The van der Waals surface area contributed by atoms with E-state index < -0.39 is 9.84 Å². The van der Waals surface area contributed by atoms with Crippen LogP contribution in [-0.4, -0.2) is 31.7 Å². The Hall–Kier alpha value is -0.560. The average molecular weight is 302 g/mol. The van der Waals surface area contributed by atoms with E-state index in [9.17, 15) is 8.42 Å². The van der Waals surface area contributed by atoms with Crippen molar-refractivity contribution in [1.29, 1.82) is 0 Å². The molecule has 0 saturated carbocycles. The van der Waals surface area contributed by atoms with Gasteiger partial charge in [0.25, 0.3) is 0 Å². The molecule has 1 unspecified atom stereocenters. The number of sulfone groups is 1. The lowest BCUT2D eigenvalue weighted by Gasteiger charge is -2.15. The third kappa shape index (κ3) is 6.96. The van der Waals surface area contributed by atoms with Crippen molar-refractivity contribution in [3.8, 4) is 0 Å². The van der Waals surface area contributed by atoms with Crippen molar-refractivity contribution in [1.82, 2.24) is 5.43 Å². The first-order chi connectivity index (χ1) is 9.07. The van der Waals surface area contributed by atoms with Crippen LogP contribution in [0.15, 0.2) is 35.2 Å². The number of benzene rings is 1. The Morgan fingerprint density at radius 1 is 1.32 bits per heavy atom. The molecule has 0 aliphatic carbocycles. The van der Waals surface area contributed by atoms with Gasteiger partial charge in [-0.1, -0.05) is 25.1 Å². The van der Waals surface area contributed by atoms with Gasteiger partial charge in [0.2, 0.25) is 0 Å². The van der Waals surface area contributed by atoms with Crippen LogP contribution in [0.25, 0.3) is 0 Å². The Balaban J connectivity index is 2.30. The van der Waals surface area contributed by atoms with E-state index in [1.54, 1.807) is 18.7 Å². The molecule has 1 atom stereocenters. The fourth-order valence-corrected chi connectivity index (χ4v) is 3.52. The largest absolute Gasteiger partial charge is 0.271 e. The number of nitrogens with two attached hydrogens (primary N) is 1. The zero-order valence-electron chi connectivity index (χ0n) is 11.2. The maximum atomic E-state index is 11.4. The summed E-state index contributed by atoms with van der Waals surface area (Å²) in [7, 11) is -2.87. The van der Waals surface area contributed by atoms with E-state index in [1.807, 2.05) is 18.2 Å². The van der Waals surface area contributed by atoms with Gasteiger partial charge < -0.3 is 0 Å². The molecule has 19 heavy (non-hydrogen) atoms. The molecule has 3 N–H and O–H groups in total. The summed E-state index contributed by atoms with van der Waals surface area (Å²) < 4.78 is 22.8. The van der Waals surface area contributed by atoms with Gasteiger partial charge in [-0.15, -0.1) is 11.8 Å². The molecule has 0 aliphatic rings. The topological polar surface area (TPSA) is 72.2 Å². The van der Waals surface area contributed by atoms with Crippen LogP contribution < -0.4 is 11.3 Å². The molecule has 1 rings (SSSR count). The molecule has 0 heterocycles. The molecule has 0 radical (unpaired) electrons. The van der Waals surface area contributed by atoms with Gasteiger partial charge in [0.05, 0.1) is 5.75 Å². The van der Waals surface area contributed by atoms with Crippen molar-refractivity contribution in [2.24, 2.45) is 5.84 Å². The maximum Gasteiger partial charge on any atom is 0.150 e. The third-order valence-electron chi connectivity index (χ3n) is 2.88. The number of hydrazine groups is 1. The summed E-state index contributed by atoms with van der Waals surface area (Å²) in [6, 6.07) is 10.2. The highest BCUT2D eigenvalue weighted by Crippen LogP contribution is 2.19. The minimum atomic E-state index is -2.87. The van der Waals surface area contributed by atoms with Crippen molar-refractivity contribution in [3.05, 3.63) is 30.3 Å². The number of thioether (sulfide) groups is 1. The monoisotopic (exact) mass is 302 g/mol. The summed E-state index contributed by atoms with van der Waals surface area (Å²) in [6.45, 7) is 1.68. The van der Waals surface area contributed by atoms with E-state index >= 15 is 0 Å². The second kappa shape index (κ2) is 8.58. The zero-order chi connectivity index (χ0) is 14.1. The quantitative estimate of drug-likeness (QED) is 0.414. The fraction of sp³-hybridized carbons (Fsp3) is 0.538. The molecule has 0 aliphatic heterocycles. The van der Waals surface area contributed by atoms with Gasteiger partial charge in [0.15, 0.2) is 0 Å². The Morgan fingerprint density at radius 3 is 2.58 bits per heavy atom. The molecule has 0 bridgehead atoms. The molecule has 0 saturated heterocycles. The van der Waals surface area contributed by atoms with Crippen molar-refractivity contribution >= 4 is 21.6 Å². The molecule has 0 aromatic heterocycles. The Bertz CT molecular complexity index is 449. The van der Waals surface area contributed by atoms with Gasteiger partial charge in [-0.25, -0.2) is 8.42 Å². The average Bonchev–Trinajstić information content (AvgIpc) is 2.43. The molecule has 1 aromatic carbocycles. The smallest absolute Gasteiger partial charge is 0.150 e. The molecule has 0 spiro atoms. The van der Waals surface area contributed by atoms with Crippen molar-refractivity contribution in [2.75, 3.05) is 17.3 Å². The van der Waals surface area contributed by atoms with Crippen molar-refractivity contribution in [2.45, 2.75) is 30.7 Å². The van der Waals surface area contributed by atoms with Crippen molar-refractivity contribution < 1.29 is 8.42 Å². The number of nitrogens with one attached hydrogen (secondary N) is 1. The highest BCUT2D eigenvalue weighted by atomic mass is 32.2. The molecule has 6 heteroatoms. The normalized spacial score (nSPS) is 13.4. The first-order valence-electron chi connectivity index (χ1n) is 6.42. The summed E-state index contributed by atoms with van der Waals surface area (Å²) in [5.74, 6) is 6.81. The predicted molar refractivity (Wildman–Crippen MR) is 81.8 cm³/mol. The van der Waals surface area contributed by atoms with Gasteiger partial charge in [0.1, 0.15) is 9.84 Å². The second-order valence-electron chi connectivity index (χ2n) is 4.37. The summed E-state index contributed by atoms with van der Waals surface area (Å²) in [4.78, 5) is 1.20.